The molecule has 0 unspecified atom stereocenters. The molecule has 2 heterocycles. The average molecular weight is 244 g/mol. The molecule has 1 saturated carbocycles. The van der Waals surface area contributed by atoms with Gasteiger partial charge in [0.1, 0.15) is 23.9 Å². The van der Waals surface area contributed by atoms with Crippen molar-refractivity contribution in [2.45, 2.75) is 32.0 Å². The van der Waals surface area contributed by atoms with Gasteiger partial charge in [0.05, 0.1) is 12.7 Å². The Hall–Kier alpha value is -1.81. The molecule has 2 aromatic rings. The van der Waals surface area contributed by atoms with E-state index < -0.39 is 0 Å². The van der Waals surface area contributed by atoms with Gasteiger partial charge < -0.3 is 14.5 Å². The highest BCUT2D eigenvalue weighted by Gasteiger charge is 2.20. The number of hydrogen-bond acceptors (Lipinski definition) is 4. The number of furan rings is 1. The molecule has 0 saturated heterocycles. The number of rotatable bonds is 6. The zero-order chi connectivity index (χ0) is 12.2. The molecule has 3 rings (SSSR count). The van der Waals surface area contributed by atoms with Crippen molar-refractivity contribution in [1.82, 2.24) is 10.3 Å². The molecule has 1 aliphatic rings. The van der Waals surface area contributed by atoms with Gasteiger partial charge in [0.25, 0.3) is 0 Å². The van der Waals surface area contributed by atoms with E-state index in [0.717, 1.165) is 23.8 Å². The smallest absolute Gasteiger partial charge is 0.146 e. The Morgan fingerprint density at radius 1 is 1.28 bits per heavy atom. The van der Waals surface area contributed by atoms with Crippen LogP contribution in [-0.2, 0) is 13.2 Å². The number of aromatic nitrogens is 1. The second-order valence-corrected chi connectivity index (χ2v) is 4.50. The molecule has 1 fully saturated rings. The van der Waals surface area contributed by atoms with Gasteiger partial charge in [-0.05, 0) is 37.1 Å². The molecule has 4 nitrogen and oxygen atoms in total. The van der Waals surface area contributed by atoms with E-state index >= 15 is 0 Å². The first-order chi connectivity index (χ1) is 8.90. The third kappa shape index (κ3) is 3.11. The van der Waals surface area contributed by atoms with E-state index in [9.17, 15) is 0 Å². The fraction of sp³-hybridized carbons (Fsp3) is 0.357. The third-order valence-electron chi connectivity index (χ3n) is 2.88. The van der Waals surface area contributed by atoms with E-state index in [4.69, 9.17) is 9.15 Å². The number of nitrogens with one attached hydrogen (secondary N) is 1. The monoisotopic (exact) mass is 244 g/mol. The summed E-state index contributed by atoms with van der Waals surface area (Å²) in [6, 6.07) is 8.39. The van der Waals surface area contributed by atoms with Crippen molar-refractivity contribution in [2.24, 2.45) is 0 Å². The molecular formula is C14H16N2O2. The highest BCUT2D eigenvalue weighted by Crippen LogP contribution is 2.20. The predicted octanol–water partition coefficient (Wildman–Crippen LogP) is 2.51. The van der Waals surface area contributed by atoms with Gasteiger partial charge in [-0.15, -0.1) is 0 Å². The van der Waals surface area contributed by atoms with Crippen LogP contribution in [0.5, 0.6) is 5.75 Å². The van der Waals surface area contributed by atoms with E-state index in [-0.39, 0.29) is 0 Å². The highest BCUT2D eigenvalue weighted by atomic mass is 16.5. The molecule has 18 heavy (non-hydrogen) atoms. The molecule has 0 atom stereocenters. The van der Waals surface area contributed by atoms with E-state index in [2.05, 4.69) is 10.3 Å². The van der Waals surface area contributed by atoms with E-state index in [0.29, 0.717) is 12.6 Å². The second-order valence-electron chi connectivity index (χ2n) is 4.50. The fourth-order valence-electron chi connectivity index (χ4n) is 1.71. The maximum absolute atomic E-state index is 5.68. The lowest BCUT2D eigenvalue weighted by atomic mass is 10.4. The minimum absolute atomic E-state index is 0.440. The molecular weight excluding hydrogens is 228 g/mol. The zero-order valence-electron chi connectivity index (χ0n) is 10.1. The standard InChI is InChI=1S/C14H16N2O2/c1-2-12(8-15-7-1)17-10-14-6-5-13(18-14)9-16-11-3-4-11/h1-2,5-8,11,16H,3-4,9-10H2. The summed E-state index contributed by atoms with van der Waals surface area (Å²) < 4.78 is 11.2. The quantitative estimate of drug-likeness (QED) is 0.848. The third-order valence-corrected chi connectivity index (χ3v) is 2.88. The predicted molar refractivity (Wildman–Crippen MR) is 67.1 cm³/mol. The van der Waals surface area contributed by atoms with Gasteiger partial charge in [-0.1, -0.05) is 0 Å². The van der Waals surface area contributed by atoms with Gasteiger partial charge in [0, 0.05) is 12.2 Å². The average Bonchev–Trinajstić information content (AvgIpc) is 3.14. The minimum Gasteiger partial charge on any atom is -0.484 e. The Kier molecular flexibility index (Phi) is 3.28. The molecule has 0 bridgehead atoms. The number of hydrogen-bond donors (Lipinski definition) is 1. The Morgan fingerprint density at radius 2 is 2.17 bits per heavy atom. The van der Waals surface area contributed by atoms with E-state index in [1.165, 1.54) is 12.8 Å². The van der Waals surface area contributed by atoms with E-state index in [1.807, 2.05) is 24.3 Å². The molecule has 94 valence electrons. The van der Waals surface area contributed by atoms with Crippen molar-refractivity contribution >= 4 is 0 Å². The van der Waals surface area contributed by atoms with Crippen molar-refractivity contribution in [3.8, 4) is 5.75 Å². The van der Waals surface area contributed by atoms with Crippen molar-refractivity contribution in [3.63, 3.8) is 0 Å². The molecule has 0 radical (unpaired) electrons. The molecule has 0 aliphatic heterocycles. The summed E-state index contributed by atoms with van der Waals surface area (Å²) >= 11 is 0. The topological polar surface area (TPSA) is 47.3 Å². The normalized spacial score (nSPS) is 14.7. The highest BCUT2D eigenvalue weighted by molar-refractivity contribution is 5.16. The molecule has 0 amide bonds. The lowest BCUT2D eigenvalue weighted by molar-refractivity contribution is 0.264. The first kappa shape index (κ1) is 11.3. The number of nitrogens with zero attached hydrogens (tertiary/aromatic N) is 1. The fourth-order valence-corrected chi connectivity index (χ4v) is 1.71. The van der Waals surface area contributed by atoms with Crippen LogP contribution < -0.4 is 10.1 Å². The molecule has 1 aliphatic carbocycles. The van der Waals surface area contributed by atoms with Gasteiger partial charge in [-0.3, -0.25) is 4.98 Å². The van der Waals surface area contributed by atoms with Gasteiger partial charge in [0.15, 0.2) is 0 Å². The van der Waals surface area contributed by atoms with Gasteiger partial charge >= 0.3 is 0 Å². The van der Waals surface area contributed by atoms with Crippen molar-refractivity contribution in [1.29, 1.82) is 0 Å². The SMILES string of the molecule is c1cncc(OCc2ccc(CNC3CC3)o2)c1. The minimum atomic E-state index is 0.440. The maximum Gasteiger partial charge on any atom is 0.146 e. The lowest BCUT2D eigenvalue weighted by Gasteiger charge is -2.03. The second kappa shape index (κ2) is 5.23. The maximum atomic E-state index is 5.68. The van der Waals surface area contributed by atoms with Crippen LogP contribution in [0.1, 0.15) is 24.4 Å². The number of ether oxygens (including phenoxy) is 1. The van der Waals surface area contributed by atoms with Crippen molar-refractivity contribution < 1.29 is 9.15 Å². The molecule has 4 heteroatoms. The Morgan fingerprint density at radius 3 is 2.94 bits per heavy atom. The summed E-state index contributed by atoms with van der Waals surface area (Å²) in [6.07, 6.45) is 6.00. The van der Waals surface area contributed by atoms with Crippen LogP contribution in [0.2, 0.25) is 0 Å². The van der Waals surface area contributed by atoms with E-state index in [1.54, 1.807) is 12.4 Å². The molecule has 0 aromatic carbocycles. The van der Waals surface area contributed by atoms with Crippen LogP contribution in [0.4, 0.5) is 0 Å². The first-order valence-electron chi connectivity index (χ1n) is 6.24. The Balaban J connectivity index is 1.50. The van der Waals surface area contributed by atoms with Crippen LogP contribution >= 0.6 is 0 Å². The number of pyridine rings is 1. The Bertz CT molecular complexity index is 492. The summed E-state index contributed by atoms with van der Waals surface area (Å²) in [5, 5.41) is 3.42. The Labute approximate surface area is 106 Å². The lowest BCUT2D eigenvalue weighted by Crippen LogP contribution is -2.14. The molecule has 2 aromatic heterocycles. The van der Waals surface area contributed by atoms with Crippen LogP contribution in [0.15, 0.2) is 41.1 Å². The molecule has 1 N–H and O–H groups in total. The summed E-state index contributed by atoms with van der Waals surface area (Å²) in [5.41, 5.74) is 0. The summed E-state index contributed by atoms with van der Waals surface area (Å²) in [6.45, 7) is 1.24. The van der Waals surface area contributed by atoms with Crippen LogP contribution in [0.25, 0.3) is 0 Å². The van der Waals surface area contributed by atoms with Crippen LogP contribution in [0, 0.1) is 0 Å². The molecule has 0 spiro atoms. The van der Waals surface area contributed by atoms with Gasteiger partial charge in [0.2, 0.25) is 0 Å². The van der Waals surface area contributed by atoms with Gasteiger partial charge in [-0.25, -0.2) is 0 Å². The van der Waals surface area contributed by atoms with Crippen LogP contribution in [0.3, 0.4) is 0 Å². The first-order valence-corrected chi connectivity index (χ1v) is 6.24. The van der Waals surface area contributed by atoms with Crippen LogP contribution in [-0.4, -0.2) is 11.0 Å². The van der Waals surface area contributed by atoms with Gasteiger partial charge in [-0.2, -0.15) is 0 Å². The van der Waals surface area contributed by atoms with Crippen molar-refractivity contribution in [3.05, 3.63) is 48.2 Å². The largest absolute Gasteiger partial charge is 0.484 e. The summed E-state index contributed by atoms with van der Waals surface area (Å²) in [5.74, 6) is 2.56. The summed E-state index contributed by atoms with van der Waals surface area (Å²) in [4.78, 5) is 3.99. The zero-order valence-corrected chi connectivity index (χ0v) is 10.1. The van der Waals surface area contributed by atoms with Crippen molar-refractivity contribution in [2.75, 3.05) is 0 Å². The summed E-state index contributed by atoms with van der Waals surface area (Å²) in [7, 11) is 0.